The molecule has 1 amide bonds. The van der Waals surface area contributed by atoms with Crippen LogP contribution in [0.2, 0.25) is 0 Å². The fourth-order valence-corrected chi connectivity index (χ4v) is 3.61. The van der Waals surface area contributed by atoms with Crippen molar-refractivity contribution < 1.29 is 18.7 Å². The smallest absolute Gasteiger partial charge is 0.245 e. The van der Waals surface area contributed by atoms with Gasteiger partial charge in [0.1, 0.15) is 5.82 Å². The predicted molar refractivity (Wildman–Crippen MR) is 88.0 cm³/mol. The molecular weight excluding hydrogens is 323 g/mol. The first-order chi connectivity index (χ1) is 12.1. The molecule has 1 saturated carbocycles. The van der Waals surface area contributed by atoms with Crippen LogP contribution in [0, 0.1) is 23.1 Å². The van der Waals surface area contributed by atoms with Crippen molar-refractivity contribution in [1.82, 2.24) is 5.32 Å². The van der Waals surface area contributed by atoms with E-state index in [0.29, 0.717) is 31.6 Å². The summed E-state index contributed by atoms with van der Waals surface area (Å²) in [7, 11) is 0. The number of hydrogen-bond acceptors (Lipinski definition) is 4. The zero-order chi connectivity index (χ0) is 17.9. The monoisotopic (exact) mass is 344 g/mol. The minimum Gasteiger partial charge on any atom is -0.376 e. The molecule has 2 aliphatic rings. The molecule has 0 unspecified atom stereocenters. The van der Waals surface area contributed by atoms with E-state index < -0.39 is 23.0 Å². The minimum absolute atomic E-state index is 0.0480. The predicted octanol–water partition coefficient (Wildman–Crippen LogP) is 2.25. The zero-order valence-corrected chi connectivity index (χ0v) is 14.0. The highest BCUT2D eigenvalue weighted by Gasteiger charge is 2.49. The molecule has 1 saturated heterocycles. The van der Waals surface area contributed by atoms with E-state index in [0.717, 1.165) is 19.3 Å². The van der Waals surface area contributed by atoms with Crippen LogP contribution in [0.15, 0.2) is 24.3 Å². The summed E-state index contributed by atoms with van der Waals surface area (Å²) in [6, 6.07) is 7.62. The van der Waals surface area contributed by atoms with E-state index in [4.69, 9.17) is 4.74 Å². The molecule has 5 nitrogen and oxygen atoms in total. The maximum absolute atomic E-state index is 13.2. The lowest BCUT2D eigenvalue weighted by atomic mass is 9.59. The van der Waals surface area contributed by atoms with Crippen molar-refractivity contribution in [3.8, 4) is 6.07 Å². The summed E-state index contributed by atoms with van der Waals surface area (Å²) in [5.41, 5.74) is -0.174. The molecule has 2 fully saturated rings. The highest BCUT2D eigenvalue weighted by Crippen LogP contribution is 2.46. The number of halogens is 1. The van der Waals surface area contributed by atoms with E-state index in [9.17, 15) is 19.2 Å². The average Bonchev–Trinajstić information content (AvgIpc) is 3.08. The molecule has 25 heavy (non-hydrogen) atoms. The molecule has 1 aliphatic heterocycles. The Balaban J connectivity index is 1.72. The molecule has 2 atom stereocenters. The number of nitriles is 1. The number of carbonyl (C=O) groups is 2. The molecule has 3 rings (SSSR count). The largest absolute Gasteiger partial charge is 0.376 e. The van der Waals surface area contributed by atoms with Crippen LogP contribution in [-0.2, 0) is 19.7 Å². The highest BCUT2D eigenvalue weighted by molar-refractivity contribution is 6.09. The van der Waals surface area contributed by atoms with Gasteiger partial charge in [-0.25, -0.2) is 4.39 Å². The van der Waals surface area contributed by atoms with E-state index in [1.54, 1.807) is 12.1 Å². The molecule has 1 aliphatic carbocycles. The summed E-state index contributed by atoms with van der Waals surface area (Å²) in [5, 5.41) is 12.1. The van der Waals surface area contributed by atoms with Crippen molar-refractivity contribution in [1.29, 1.82) is 5.26 Å². The van der Waals surface area contributed by atoms with Gasteiger partial charge >= 0.3 is 0 Å². The first-order valence-electron chi connectivity index (χ1n) is 8.66. The highest BCUT2D eigenvalue weighted by atomic mass is 19.1. The van der Waals surface area contributed by atoms with E-state index in [1.165, 1.54) is 12.1 Å². The van der Waals surface area contributed by atoms with Crippen molar-refractivity contribution in [2.24, 2.45) is 5.92 Å². The molecule has 0 spiro atoms. The topological polar surface area (TPSA) is 79.2 Å². The quantitative estimate of drug-likeness (QED) is 0.803. The molecule has 1 heterocycles. The average molecular weight is 344 g/mol. The maximum Gasteiger partial charge on any atom is 0.245 e. The number of ketones is 1. The van der Waals surface area contributed by atoms with Crippen molar-refractivity contribution in [3.05, 3.63) is 35.6 Å². The molecular formula is C19H21FN2O3. The second-order valence-corrected chi connectivity index (χ2v) is 6.75. The van der Waals surface area contributed by atoms with Crippen molar-refractivity contribution >= 4 is 11.7 Å². The Morgan fingerprint density at radius 1 is 1.32 bits per heavy atom. The maximum atomic E-state index is 13.2. The van der Waals surface area contributed by atoms with Crippen LogP contribution >= 0.6 is 0 Å². The van der Waals surface area contributed by atoms with E-state index >= 15 is 0 Å². The zero-order valence-electron chi connectivity index (χ0n) is 14.0. The Morgan fingerprint density at radius 2 is 2.04 bits per heavy atom. The Bertz CT molecular complexity index is 686. The number of hydrogen-bond donors (Lipinski definition) is 1. The number of rotatable bonds is 6. The number of carbonyl (C=O) groups excluding carboxylic acids is 2. The van der Waals surface area contributed by atoms with E-state index in [-0.39, 0.29) is 11.9 Å². The standard InChI is InChI=1S/C19H21FN2O3/c20-14-6-4-13(5-7-14)19(8-2-9-19)17(23)16(11-21)18(24)22-12-15-3-1-10-25-15/h4-7,15-16H,1-3,8-10,12H2,(H,22,24)/t15-,16-/m0/s1. The van der Waals surface area contributed by atoms with Crippen LogP contribution in [0.4, 0.5) is 4.39 Å². The molecule has 1 aromatic carbocycles. The number of amides is 1. The Hall–Kier alpha value is -2.26. The first-order valence-corrected chi connectivity index (χ1v) is 8.66. The fourth-order valence-electron chi connectivity index (χ4n) is 3.61. The molecule has 0 bridgehead atoms. The van der Waals surface area contributed by atoms with Crippen molar-refractivity contribution in [2.45, 2.75) is 43.6 Å². The molecule has 0 radical (unpaired) electrons. The van der Waals surface area contributed by atoms with E-state index in [2.05, 4.69) is 5.32 Å². The van der Waals surface area contributed by atoms with Crippen molar-refractivity contribution in [3.63, 3.8) is 0 Å². The fraction of sp³-hybridized carbons (Fsp3) is 0.526. The van der Waals surface area contributed by atoms with Crippen LogP contribution < -0.4 is 5.32 Å². The summed E-state index contributed by atoms with van der Waals surface area (Å²) in [6.45, 7) is 0.989. The lowest BCUT2D eigenvalue weighted by molar-refractivity contribution is -0.137. The van der Waals surface area contributed by atoms with Gasteiger partial charge in [-0.3, -0.25) is 9.59 Å². The lowest BCUT2D eigenvalue weighted by Crippen LogP contribution is -2.50. The van der Waals surface area contributed by atoms with Gasteiger partial charge in [0.05, 0.1) is 17.6 Å². The summed E-state index contributed by atoms with van der Waals surface area (Å²) in [5.74, 6) is -2.70. The van der Waals surface area contributed by atoms with Gasteiger partial charge in [0.2, 0.25) is 5.91 Å². The lowest BCUT2D eigenvalue weighted by Gasteiger charge is -2.41. The Labute approximate surface area is 146 Å². The van der Waals surface area contributed by atoms with Crippen LogP contribution in [0.3, 0.4) is 0 Å². The number of nitrogens with one attached hydrogen (secondary N) is 1. The summed E-state index contributed by atoms with van der Waals surface area (Å²) in [4.78, 5) is 25.4. The molecule has 1 N–H and O–H groups in total. The van der Waals surface area contributed by atoms with Gasteiger partial charge in [-0.1, -0.05) is 18.6 Å². The Kier molecular flexibility index (Phi) is 5.14. The normalized spacial score (nSPS) is 22.5. The second kappa shape index (κ2) is 7.32. The molecule has 6 heteroatoms. The number of benzene rings is 1. The summed E-state index contributed by atoms with van der Waals surface area (Å²) >= 11 is 0. The van der Waals surface area contributed by atoms with Gasteiger partial charge in [-0.05, 0) is 43.4 Å². The van der Waals surface area contributed by atoms with Crippen LogP contribution in [0.25, 0.3) is 0 Å². The van der Waals surface area contributed by atoms with Crippen LogP contribution in [-0.4, -0.2) is 30.9 Å². The van der Waals surface area contributed by atoms with Gasteiger partial charge in [0.25, 0.3) is 0 Å². The Morgan fingerprint density at radius 3 is 2.56 bits per heavy atom. The van der Waals surface area contributed by atoms with Crippen LogP contribution in [0.1, 0.15) is 37.7 Å². The third kappa shape index (κ3) is 3.42. The van der Waals surface area contributed by atoms with E-state index in [1.807, 2.05) is 6.07 Å². The molecule has 1 aromatic rings. The summed E-state index contributed by atoms with van der Waals surface area (Å²) < 4.78 is 18.6. The second-order valence-electron chi connectivity index (χ2n) is 6.75. The van der Waals surface area contributed by atoms with Gasteiger partial charge in [-0.15, -0.1) is 0 Å². The van der Waals surface area contributed by atoms with Gasteiger partial charge in [-0.2, -0.15) is 5.26 Å². The first kappa shape index (κ1) is 17.6. The number of nitrogens with zero attached hydrogens (tertiary/aromatic N) is 1. The third-order valence-electron chi connectivity index (χ3n) is 5.26. The van der Waals surface area contributed by atoms with Crippen molar-refractivity contribution in [2.75, 3.05) is 13.2 Å². The van der Waals surface area contributed by atoms with Gasteiger partial charge in [0, 0.05) is 13.2 Å². The number of Topliss-reactive ketones (excluding diaryl/α,β-unsaturated/α-hetero) is 1. The number of ether oxygens (including phenoxy) is 1. The molecule has 0 aromatic heterocycles. The minimum atomic E-state index is -1.35. The molecule has 132 valence electrons. The van der Waals surface area contributed by atoms with Gasteiger partial charge in [0.15, 0.2) is 11.7 Å². The van der Waals surface area contributed by atoms with Crippen LogP contribution in [0.5, 0.6) is 0 Å². The summed E-state index contributed by atoms with van der Waals surface area (Å²) in [6.07, 6.45) is 3.77. The SMILES string of the molecule is N#C[C@H](C(=O)NC[C@@H]1CCCO1)C(=O)C1(c2ccc(F)cc2)CCC1. The third-order valence-corrected chi connectivity index (χ3v) is 5.26. The van der Waals surface area contributed by atoms with Gasteiger partial charge < -0.3 is 10.1 Å².